The van der Waals surface area contributed by atoms with E-state index >= 15 is 0 Å². The minimum Gasteiger partial charge on any atom is -0.504 e. The Bertz CT molecular complexity index is 1080. The Hall–Kier alpha value is -3.28. The van der Waals surface area contributed by atoms with Crippen molar-refractivity contribution >= 4 is 11.4 Å². The molecule has 1 aliphatic heterocycles. The van der Waals surface area contributed by atoms with Gasteiger partial charge in [0.25, 0.3) is 0 Å². The van der Waals surface area contributed by atoms with E-state index in [0.29, 0.717) is 17.4 Å². The van der Waals surface area contributed by atoms with Gasteiger partial charge in [0, 0.05) is 18.7 Å². The zero-order chi connectivity index (χ0) is 22.0. The topological polar surface area (TPSA) is 85.2 Å². The molecule has 31 heavy (non-hydrogen) atoms. The number of aromatic amines is 1. The highest BCUT2D eigenvalue weighted by molar-refractivity contribution is 6.11. The summed E-state index contributed by atoms with van der Waals surface area (Å²) in [5, 5.41) is 18.9. The molecule has 162 valence electrons. The summed E-state index contributed by atoms with van der Waals surface area (Å²) in [5.74, 6) is 1.90. The van der Waals surface area contributed by atoms with E-state index in [4.69, 9.17) is 15.1 Å². The quantitative estimate of drug-likeness (QED) is 0.571. The van der Waals surface area contributed by atoms with E-state index in [1.165, 1.54) is 7.11 Å². The lowest BCUT2D eigenvalue weighted by atomic mass is 10.0. The van der Waals surface area contributed by atoms with Crippen molar-refractivity contribution in [2.75, 3.05) is 20.2 Å². The first kappa shape index (κ1) is 21.0. The van der Waals surface area contributed by atoms with E-state index in [1.807, 2.05) is 25.1 Å². The molecule has 0 radical (unpaired) electrons. The molecule has 3 N–H and O–H groups in total. The fourth-order valence-electron chi connectivity index (χ4n) is 4.20. The van der Waals surface area contributed by atoms with Crippen LogP contribution in [0.2, 0.25) is 0 Å². The second-order valence-corrected chi connectivity index (χ2v) is 8.35. The Morgan fingerprint density at radius 1 is 1.35 bits per heavy atom. The van der Waals surface area contributed by atoms with Gasteiger partial charge < -0.3 is 25.1 Å². The van der Waals surface area contributed by atoms with Crippen LogP contribution in [0.4, 0.5) is 0 Å². The molecule has 2 aromatic rings. The van der Waals surface area contributed by atoms with Gasteiger partial charge in [-0.25, -0.2) is 4.98 Å². The molecule has 1 fully saturated rings. The lowest BCUT2D eigenvalue weighted by Gasteiger charge is -2.21. The monoisotopic (exact) mass is 418 g/mol. The number of ether oxygens (including phenoxy) is 1. The van der Waals surface area contributed by atoms with Crippen molar-refractivity contribution in [2.24, 2.45) is 5.92 Å². The largest absolute Gasteiger partial charge is 0.504 e. The number of benzene rings is 1. The predicted octanol–water partition coefficient (Wildman–Crippen LogP) is 5.08. The number of nitrogens with zero attached hydrogens (tertiary/aromatic N) is 2. The molecular weight excluding hydrogens is 388 g/mol. The van der Waals surface area contributed by atoms with Crippen LogP contribution in [0.3, 0.4) is 0 Å². The van der Waals surface area contributed by atoms with Crippen LogP contribution in [0.25, 0.3) is 17.0 Å². The number of phenolic OH excluding ortho intramolecular Hbond substituents is 1. The molecule has 1 saturated heterocycles. The highest BCUT2D eigenvalue weighted by Gasteiger charge is 2.25. The van der Waals surface area contributed by atoms with Crippen molar-refractivity contribution in [1.29, 1.82) is 5.41 Å². The van der Waals surface area contributed by atoms with Gasteiger partial charge in [-0.05, 0) is 62.0 Å². The number of aromatic nitrogens is 2. The summed E-state index contributed by atoms with van der Waals surface area (Å²) in [4.78, 5) is 10.6. The molecule has 0 amide bonds. The number of allylic oxidation sites excluding steroid dienone is 5. The highest BCUT2D eigenvalue weighted by atomic mass is 16.5. The first-order valence-corrected chi connectivity index (χ1v) is 10.8. The number of methoxy groups -OCH3 is 1. The minimum atomic E-state index is 0.0949. The summed E-state index contributed by atoms with van der Waals surface area (Å²) in [5.41, 5.74) is 4.95. The van der Waals surface area contributed by atoms with Crippen LogP contribution in [-0.4, -0.2) is 45.9 Å². The van der Waals surface area contributed by atoms with Crippen molar-refractivity contribution < 1.29 is 9.84 Å². The van der Waals surface area contributed by atoms with E-state index in [0.717, 1.165) is 66.4 Å². The standard InChI is InChI=1S/C25H30N4O2/c1-16-11-12-29(15-16)21(14-20(26)18-7-5-4-6-8-18)25-27-17(2)24(28-25)19-9-10-23(31-3)22(30)13-19/h5,7-10,13-14,16,26,30H,4,6,11-12,15H2,1-3H3,(H,27,28)/b21-14+,26-20?. The Kier molecular flexibility index (Phi) is 5.98. The maximum Gasteiger partial charge on any atom is 0.160 e. The van der Waals surface area contributed by atoms with Crippen LogP contribution in [-0.2, 0) is 0 Å². The minimum absolute atomic E-state index is 0.0949. The van der Waals surface area contributed by atoms with Crippen LogP contribution >= 0.6 is 0 Å². The average molecular weight is 419 g/mol. The third-order valence-electron chi connectivity index (χ3n) is 5.95. The fraction of sp³-hybridized carbons (Fsp3) is 0.360. The Morgan fingerprint density at radius 3 is 2.84 bits per heavy atom. The van der Waals surface area contributed by atoms with Crippen molar-refractivity contribution in [3.63, 3.8) is 0 Å². The van der Waals surface area contributed by atoms with Crippen molar-refractivity contribution in [3.05, 3.63) is 59.6 Å². The summed E-state index contributed by atoms with van der Waals surface area (Å²) in [6.07, 6.45) is 11.4. The lowest BCUT2D eigenvalue weighted by Crippen LogP contribution is -2.20. The number of aryl methyl sites for hydroxylation is 1. The zero-order valence-corrected chi connectivity index (χ0v) is 18.4. The number of nitrogens with one attached hydrogen (secondary N) is 2. The summed E-state index contributed by atoms with van der Waals surface area (Å²) < 4.78 is 5.16. The number of aromatic hydroxyl groups is 1. The SMILES string of the molecule is COc1ccc(-c2[nH]c(/C(=C\C(=N)C3=CCCC=C3)N3CCC(C)C3)nc2C)cc1O. The molecule has 2 heterocycles. The number of hydrogen-bond donors (Lipinski definition) is 3. The molecule has 0 spiro atoms. The first-order valence-electron chi connectivity index (χ1n) is 10.8. The number of imidazole rings is 1. The van der Waals surface area contributed by atoms with Gasteiger partial charge in [-0.15, -0.1) is 0 Å². The van der Waals surface area contributed by atoms with Crippen LogP contribution in [0, 0.1) is 18.3 Å². The van der Waals surface area contributed by atoms with Gasteiger partial charge in [0.2, 0.25) is 0 Å². The van der Waals surface area contributed by atoms with E-state index in [2.05, 4.69) is 29.0 Å². The second-order valence-electron chi connectivity index (χ2n) is 8.35. The first-order chi connectivity index (χ1) is 15.0. The normalized spacial score (nSPS) is 18.9. The van der Waals surface area contributed by atoms with Gasteiger partial charge in [0.05, 0.1) is 29.9 Å². The van der Waals surface area contributed by atoms with Gasteiger partial charge >= 0.3 is 0 Å². The molecule has 6 nitrogen and oxygen atoms in total. The second kappa shape index (κ2) is 8.84. The smallest absolute Gasteiger partial charge is 0.160 e. The number of phenols is 1. The maximum atomic E-state index is 10.2. The van der Waals surface area contributed by atoms with Gasteiger partial charge in [-0.2, -0.15) is 0 Å². The van der Waals surface area contributed by atoms with Gasteiger partial charge in [-0.3, -0.25) is 0 Å². The number of H-pyrrole nitrogens is 1. The van der Waals surface area contributed by atoms with Crippen molar-refractivity contribution in [2.45, 2.75) is 33.1 Å². The molecule has 1 aromatic heterocycles. The third kappa shape index (κ3) is 4.43. The van der Waals surface area contributed by atoms with E-state index in [-0.39, 0.29) is 5.75 Å². The van der Waals surface area contributed by atoms with Crippen LogP contribution in [0.15, 0.2) is 48.1 Å². The van der Waals surface area contributed by atoms with Gasteiger partial charge in [0.15, 0.2) is 17.3 Å². The Balaban J connectivity index is 1.72. The van der Waals surface area contributed by atoms with Crippen LogP contribution in [0.1, 0.15) is 37.7 Å². The van der Waals surface area contributed by atoms with Crippen LogP contribution < -0.4 is 4.74 Å². The van der Waals surface area contributed by atoms with Gasteiger partial charge in [0.1, 0.15) is 0 Å². The van der Waals surface area contributed by atoms with E-state index in [9.17, 15) is 5.11 Å². The Labute approximate surface area is 183 Å². The van der Waals surface area contributed by atoms with Crippen molar-refractivity contribution in [1.82, 2.24) is 14.9 Å². The molecule has 1 atom stereocenters. The third-order valence-corrected chi connectivity index (χ3v) is 5.95. The highest BCUT2D eigenvalue weighted by Crippen LogP contribution is 2.34. The molecule has 4 rings (SSSR count). The average Bonchev–Trinajstić information content (AvgIpc) is 3.38. The predicted molar refractivity (Wildman–Crippen MR) is 124 cm³/mol. The van der Waals surface area contributed by atoms with Gasteiger partial charge in [-0.1, -0.05) is 25.2 Å². The summed E-state index contributed by atoms with van der Waals surface area (Å²) in [6, 6.07) is 5.34. The Morgan fingerprint density at radius 2 is 2.19 bits per heavy atom. The summed E-state index contributed by atoms with van der Waals surface area (Å²) in [7, 11) is 1.54. The molecule has 6 heteroatoms. The van der Waals surface area contributed by atoms with E-state index < -0.39 is 0 Å². The van der Waals surface area contributed by atoms with E-state index in [1.54, 1.807) is 12.1 Å². The summed E-state index contributed by atoms with van der Waals surface area (Å²) >= 11 is 0. The van der Waals surface area contributed by atoms with Crippen molar-refractivity contribution in [3.8, 4) is 22.8 Å². The molecular formula is C25H30N4O2. The maximum absolute atomic E-state index is 10.2. The fourth-order valence-corrected chi connectivity index (χ4v) is 4.20. The summed E-state index contributed by atoms with van der Waals surface area (Å²) in [6.45, 7) is 6.12. The number of likely N-dealkylation sites (tertiary alicyclic amines) is 1. The molecule has 1 aliphatic carbocycles. The molecule has 1 unspecified atom stereocenters. The molecule has 2 aliphatic rings. The van der Waals surface area contributed by atoms with Crippen LogP contribution in [0.5, 0.6) is 11.5 Å². The molecule has 0 saturated carbocycles. The number of rotatable bonds is 6. The number of hydrogen-bond acceptors (Lipinski definition) is 5. The molecule has 0 bridgehead atoms. The zero-order valence-electron chi connectivity index (χ0n) is 18.4. The lowest BCUT2D eigenvalue weighted by molar-refractivity contribution is 0.373. The molecule has 1 aromatic carbocycles.